The number of aliphatic hydroxyl groups is 1. The minimum atomic E-state index is -1.39. The van der Waals surface area contributed by atoms with Crippen LogP contribution < -0.4 is 10.9 Å². The van der Waals surface area contributed by atoms with Crippen molar-refractivity contribution >= 4 is 16.9 Å². The van der Waals surface area contributed by atoms with Crippen molar-refractivity contribution < 1.29 is 9.90 Å². The van der Waals surface area contributed by atoms with Gasteiger partial charge in [-0.2, -0.15) is 0 Å². The molecule has 2 aromatic heterocycles. The number of benzene rings is 1. The third kappa shape index (κ3) is 4.06. The Hall–Kier alpha value is -2.97. The first-order valence-electron chi connectivity index (χ1n) is 13.4. The van der Waals surface area contributed by atoms with Gasteiger partial charge >= 0.3 is 0 Å². The van der Waals surface area contributed by atoms with Crippen molar-refractivity contribution in [3.63, 3.8) is 0 Å². The molecule has 1 aromatic carbocycles. The summed E-state index contributed by atoms with van der Waals surface area (Å²) >= 11 is 0. The van der Waals surface area contributed by atoms with E-state index < -0.39 is 5.60 Å². The first kappa shape index (κ1) is 23.4. The number of fused-ring (bicyclic) bond motifs is 1. The van der Waals surface area contributed by atoms with E-state index in [0.717, 1.165) is 36.9 Å². The summed E-state index contributed by atoms with van der Waals surface area (Å²) in [4.78, 5) is 33.2. The molecule has 1 amide bonds. The van der Waals surface area contributed by atoms with Crippen molar-refractivity contribution in [2.24, 2.45) is 5.92 Å². The Bertz CT molecular complexity index is 1290. The molecule has 4 heterocycles. The summed E-state index contributed by atoms with van der Waals surface area (Å²) in [6.07, 6.45) is 9.28. The number of carbonyl (C=O) groups is 1. The average molecular weight is 490 g/mol. The number of hydrogen-bond acceptors (Lipinski definition) is 5. The Kier molecular flexibility index (Phi) is 6.17. The first-order valence-corrected chi connectivity index (χ1v) is 13.4. The maximum absolute atomic E-state index is 13.6. The summed E-state index contributed by atoms with van der Waals surface area (Å²) in [6.45, 7) is 3.03. The molecule has 0 radical (unpaired) electrons. The van der Waals surface area contributed by atoms with Crippen molar-refractivity contribution in [1.29, 1.82) is 0 Å². The third-order valence-corrected chi connectivity index (χ3v) is 8.70. The fourth-order valence-corrected chi connectivity index (χ4v) is 6.24. The summed E-state index contributed by atoms with van der Waals surface area (Å²) in [7, 11) is 0. The summed E-state index contributed by atoms with van der Waals surface area (Å²) < 4.78 is 3.89. The van der Waals surface area contributed by atoms with E-state index in [1.807, 2.05) is 47.5 Å². The van der Waals surface area contributed by atoms with Crippen LogP contribution in [0.25, 0.3) is 11.0 Å². The number of carbonyl (C=O) groups excluding carboxylic acids is 1. The molecule has 2 atom stereocenters. The monoisotopic (exact) mass is 489 g/mol. The fraction of sp³-hybridized carbons (Fsp3) is 0.536. The van der Waals surface area contributed by atoms with Gasteiger partial charge in [-0.05, 0) is 62.6 Å². The van der Waals surface area contributed by atoms with E-state index in [1.165, 1.54) is 6.42 Å². The molecule has 36 heavy (non-hydrogen) atoms. The third-order valence-electron chi connectivity index (χ3n) is 8.70. The Morgan fingerprint density at radius 3 is 2.61 bits per heavy atom. The highest BCUT2D eigenvalue weighted by Gasteiger charge is 2.48. The molecule has 2 aliphatic heterocycles. The SMILES string of the molecule is O=C(N1CCC(Cn2cnc3c(ccn3C3CCC3)c2=O)CC1)[C@@]1(O)CCNC[C@H]1c1ccccc1. The van der Waals surface area contributed by atoms with Gasteiger partial charge < -0.3 is 19.9 Å². The molecule has 3 aromatic rings. The van der Waals surface area contributed by atoms with Crippen molar-refractivity contribution in [2.45, 2.75) is 62.6 Å². The zero-order valence-electron chi connectivity index (χ0n) is 20.7. The highest BCUT2D eigenvalue weighted by molar-refractivity contribution is 5.86. The van der Waals surface area contributed by atoms with Crippen LogP contribution in [0.5, 0.6) is 0 Å². The molecule has 8 nitrogen and oxygen atoms in total. The number of aromatic nitrogens is 3. The lowest BCUT2D eigenvalue weighted by atomic mass is 9.76. The van der Waals surface area contributed by atoms with E-state index in [-0.39, 0.29) is 17.4 Å². The molecule has 2 N–H and O–H groups in total. The summed E-state index contributed by atoms with van der Waals surface area (Å²) in [5.74, 6) is -0.123. The number of amides is 1. The summed E-state index contributed by atoms with van der Waals surface area (Å²) in [5, 5.41) is 15.7. The van der Waals surface area contributed by atoms with Crippen molar-refractivity contribution in [1.82, 2.24) is 24.3 Å². The van der Waals surface area contributed by atoms with Gasteiger partial charge in [0.05, 0.1) is 11.7 Å². The van der Waals surface area contributed by atoms with Gasteiger partial charge in [0.1, 0.15) is 5.65 Å². The standard InChI is InChI=1S/C28H35N5O3/c34-26-23-11-16-33(22-7-4-8-22)25(23)30-19-32(26)18-20-9-14-31(15-10-20)27(35)28(36)12-13-29-17-24(28)21-5-2-1-3-6-21/h1-3,5-6,11,16,19-20,22,24,29,36H,4,7-10,12-15,17-18H2/t24-,28+/m0/s1. The van der Waals surface area contributed by atoms with E-state index in [9.17, 15) is 14.7 Å². The fourth-order valence-electron chi connectivity index (χ4n) is 6.24. The summed E-state index contributed by atoms with van der Waals surface area (Å²) in [5.41, 5.74) is 0.415. The normalized spacial score (nSPS) is 25.7. The van der Waals surface area contributed by atoms with E-state index in [4.69, 9.17) is 0 Å². The number of piperidine rings is 2. The molecular formula is C28H35N5O3. The Morgan fingerprint density at radius 1 is 1.11 bits per heavy atom. The van der Waals surface area contributed by atoms with Gasteiger partial charge in [-0.1, -0.05) is 30.3 Å². The van der Waals surface area contributed by atoms with Gasteiger partial charge in [-0.3, -0.25) is 14.2 Å². The molecule has 0 bridgehead atoms. The number of likely N-dealkylation sites (tertiary alicyclic amines) is 1. The van der Waals surface area contributed by atoms with Crippen LogP contribution in [0, 0.1) is 5.92 Å². The van der Waals surface area contributed by atoms with Crippen LogP contribution >= 0.6 is 0 Å². The topological polar surface area (TPSA) is 92.4 Å². The lowest BCUT2D eigenvalue weighted by molar-refractivity contribution is -0.158. The zero-order valence-corrected chi connectivity index (χ0v) is 20.7. The molecule has 190 valence electrons. The number of nitrogens with one attached hydrogen (secondary N) is 1. The van der Waals surface area contributed by atoms with Gasteiger partial charge in [-0.15, -0.1) is 0 Å². The highest BCUT2D eigenvalue weighted by atomic mass is 16.3. The molecule has 0 spiro atoms. The van der Waals surface area contributed by atoms with Crippen molar-refractivity contribution in [3.8, 4) is 0 Å². The average Bonchev–Trinajstić information content (AvgIpc) is 3.30. The molecule has 3 fully saturated rings. The van der Waals surface area contributed by atoms with E-state index >= 15 is 0 Å². The zero-order chi connectivity index (χ0) is 24.7. The van der Waals surface area contributed by atoms with Gasteiger partial charge in [0.2, 0.25) is 0 Å². The molecule has 1 saturated carbocycles. The minimum absolute atomic E-state index is 0.0197. The molecule has 2 saturated heterocycles. The Morgan fingerprint density at radius 2 is 1.89 bits per heavy atom. The minimum Gasteiger partial charge on any atom is -0.379 e. The van der Waals surface area contributed by atoms with Crippen molar-refractivity contribution in [2.75, 3.05) is 26.2 Å². The molecule has 8 heteroatoms. The Labute approximate surface area is 210 Å². The maximum atomic E-state index is 13.6. The number of hydrogen-bond donors (Lipinski definition) is 2. The number of nitrogens with zero attached hydrogens (tertiary/aromatic N) is 4. The van der Waals surface area contributed by atoms with Crippen LogP contribution in [-0.2, 0) is 11.3 Å². The largest absolute Gasteiger partial charge is 0.379 e. The molecule has 0 unspecified atom stereocenters. The van der Waals surface area contributed by atoms with E-state index in [0.29, 0.717) is 56.5 Å². The second-order valence-corrected chi connectivity index (χ2v) is 10.8. The van der Waals surface area contributed by atoms with Gasteiger partial charge in [0.15, 0.2) is 5.60 Å². The molecule has 1 aliphatic carbocycles. The van der Waals surface area contributed by atoms with Crippen LogP contribution in [-0.4, -0.2) is 61.8 Å². The van der Waals surface area contributed by atoms with E-state index in [2.05, 4.69) is 14.9 Å². The second-order valence-electron chi connectivity index (χ2n) is 10.8. The molecule has 3 aliphatic rings. The predicted molar refractivity (Wildman–Crippen MR) is 138 cm³/mol. The van der Waals surface area contributed by atoms with Crippen LogP contribution in [0.15, 0.2) is 53.7 Å². The van der Waals surface area contributed by atoms with Gasteiger partial charge in [0, 0.05) is 44.3 Å². The van der Waals surface area contributed by atoms with Crippen LogP contribution in [0.2, 0.25) is 0 Å². The van der Waals surface area contributed by atoms with E-state index in [1.54, 1.807) is 10.9 Å². The predicted octanol–water partition coefficient (Wildman–Crippen LogP) is 2.67. The lowest BCUT2D eigenvalue weighted by Gasteiger charge is -2.43. The quantitative estimate of drug-likeness (QED) is 0.575. The maximum Gasteiger partial charge on any atom is 0.262 e. The second kappa shape index (κ2) is 9.48. The first-order chi connectivity index (χ1) is 17.5. The van der Waals surface area contributed by atoms with Gasteiger partial charge in [0.25, 0.3) is 11.5 Å². The van der Waals surface area contributed by atoms with Crippen molar-refractivity contribution in [3.05, 3.63) is 64.8 Å². The molecular weight excluding hydrogens is 454 g/mol. The van der Waals surface area contributed by atoms with Gasteiger partial charge in [-0.25, -0.2) is 4.98 Å². The van der Waals surface area contributed by atoms with Crippen LogP contribution in [0.4, 0.5) is 0 Å². The lowest BCUT2D eigenvalue weighted by Crippen LogP contribution is -2.59. The highest BCUT2D eigenvalue weighted by Crippen LogP contribution is 2.36. The van der Waals surface area contributed by atoms with Crippen LogP contribution in [0.1, 0.15) is 56.0 Å². The smallest absolute Gasteiger partial charge is 0.262 e. The number of rotatable bonds is 5. The Balaban J connectivity index is 1.12. The van der Waals surface area contributed by atoms with Crippen LogP contribution in [0.3, 0.4) is 0 Å². The molecule has 6 rings (SSSR count). The summed E-state index contributed by atoms with van der Waals surface area (Å²) in [6, 6.07) is 12.2.